The Hall–Kier alpha value is -0.500. The van der Waals surface area contributed by atoms with Gasteiger partial charge < -0.3 is 20.1 Å². The van der Waals surface area contributed by atoms with Gasteiger partial charge in [-0.2, -0.15) is 0 Å². The van der Waals surface area contributed by atoms with Gasteiger partial charge in [-0.05, 0) is 6.42 Å². The van der Waals surface area contributed by atoms with Crippen LogP contribution >= 0.6 is 7.82 Å². The average molecular weight is 468 g/mol. The SMILES string of the molecule is CCCCCCCCCCCCCCOCC(COP(=O)(O)OCCN)OC(=O)CC. The number of carbonyl (C=O) groups is 1. The summed E-state index contributed by atoms with van der Waals surface area (Å²) in [6.07, 6.45) is 14.7. The molecule has 0 fully saturated rings. The Kier molecular flexibility index (Phi) is 21.0. The lowest BCUT2D eigenvalue weighted by Crippen LogP contribution is -2.28. The van der Waals surface area contributed by atoms with Crippen LogP contribution in [0.5, 0.6) is 0 Å². The van der Waals surface area contributed by atoms with Crippen LogP contribution in [0.2, 0.25) is 0 Å². The highest BCUT2D eigenvalue weighted by Gasteiger charge is 2.24. The highest BCUT2D eigenvalue weighted by Crippen LogP contribution is 2.43. The highest BCUT2D eigenvalue weighted by atomic mass is 31.2. The van der Waals surface area contributed by atoms with Crippen LogP contribution in [0.25, 0.3) is 0 Å². The highest BCUT2D eigenvalue weighted by molar-refractivity contribution is 7.47. The first-order valence-corrected chi connectivity index (χ1v) is 13.5. The largest absolute Gasteiger partial charge is 0.472 e. The van der Waals surface area contributed by atoms with Crippen molar-refractivity contribution < 1.29 is 32.8 Å². The smallest absolute Gasteiger partial charge is 0.457 e. The molecule has 0 aliphatic heterocycles. The number of hydrogen-bond donors (Lipinski definition) is 2. The van der Waals surface area contributed by atoms with Gasteiger partial charge in [0, 0.05) is 19.6 Å². The predicted molar refractivity (Wildman–Crippen MR) is 123 cm³/mol. The van der Waals surface area contributed by atoms with E-state index in [2.05, 4.69) is 11.4 Å². The van der Waals surface area contributed by atoms with Crippen LogP contribution in [-0.4, -0.2) is 49.9 Å². The summed E-state index contributed by atoms with van der Waals surface area (Å²) in [4.78, 5) is 21.1. The molecular formula is C22H46NO7P. The number of nitrogens with two attached hydrogens (primary N) is 1. The van der Waals surface area contributed by atoms with Crippen molar-refractivity contribution in [3.05, 3.63) is 0 Å². The number of esters is 1. The van der Waals surface area contributed by atoms with E-state index in [4.69, 9.17) is 19.7 Å². The molecule has 2 unspecified atom stereocenters. The van der Waals surface area contributed by atoms with E-state index in [0.717, 1.165) is 12.8 Å². The number of phosphoric acid groups is 1. The summed E-state index contributed by atoms with van der Waals surface area (Å²) in [6.45, 7) is 4.32. The fourth-order valence-electron chi connectivity index (χ4n) is 3.03. The molecule has 0 aliphatic carbocycles. The van der Waals surface area contributed by atoms with Crippen molar-refractivity contribution in [1.82, 2.24) is 0 Å². The molecule has 0 radical (unpaired) electrons. The van der Waals surface area contributed by atoms with Gasteiger partial charge in [0.05, 0.1) is 19.8 Å². The molecule has 0 rings (SSSR count). The first-order valence-electron chi connectivity index (χ1n) is 12.0. The minimum absolute atomic E-state index is 0.0946. The Balaban J connectivity index is 3.80. The second-order valence-electron chi connectivity index (χ2n) is 7.82. The minimum atomic E-state index is -4.21. The van der Waals surface area contributed by atoms with Crippen LogP contribution in [0.1, 0.15) is 97.3 Å². The van der Waals surface area contributed by atoms with Crippen molar-refractivity contribution in [2.45, 2.75) is 103 Å². The van der Waals surface area contributed by atoms with Gasteiger partial charge in [-0.3, -0.25) is 13.8 Å². The maximum atomic E-state index is 11.7. The van der Waals surface area contributed by atoms with E-state index in [9.17, 15) is 14.3 Å². The number of phosphoric ester groups is 1. The molecule has 8 nitrogen and oxygen atoms in total. The molecule has 0 saturated heterocycles. The third-order valence-electron chi connectivity index (χ3n) is 4.83. The van der Waals surface area contributed by atoms with Crippen LogP contribution in [0.3, 0.4) is 0 Å². The molecule has 0 aromatic rings. The Morgan fingerprint density at radius 3 is 1.90 bits per heavy atom. The summed E-state index contributed by atoms with van der Waals surface area (Å²) >= 11 is 0. The molecule has 0 aromatic carbocycles. The number of ether oxygens (including phenoxy) is 2. The molecule has 0 heterocycles. The maximum Gasteiger partial charge on any atom is 0.472 e. The van der Waals surface area contributed by atoms with Gasteiger partial charge in [0.25, 0.3) is 0 Å². The zero-order valence-corrected chi connectivity index (χ0v) is 20.6. The summed E-state index contributed by atoms with van der Waals surface area (Å²) in [5.74, 6) is -0.418. The summed E-state index contributed by atoms with van der Waals surface area (Å²) in [7, 11) is -4.21. The Morgan fingerprint density at radius 2 is 1.39 bits per heavy atom. The summed E-state index contributed by atoms with van der Waals surface area (Å²) < 4.78 is 32.1. The van der Waals surface area contributed by atoms with Gasteiger partial charge >= 0.3 is 13.8 Å². The topological polar surface area (TPSA) is 117 Å². The monoisotopic (exact) mass is 467 g/mol. The summed E-state index contributed by atoms with van der Waals surface area (Å²) in [6, 6.07) is 0. The van der Waals surface area contributed by atoms with Crippen molar-refractivity contribution in [1.29, 1.82) is 0 Å². The van der Waals surface area contributed by atoms with Crippen molar-refractivity contribution in [2.24, 2.45) is 5.73 Å². The average Bonchev–Trinajstić information content (AvgIpc) is 2.76. The molecule has 0 spiro atoms. The van der Waals surface area contributed by atoms with Crippen molar-refractivity contribution in [3.8, 4) is 0 Å². The Bertz CT molecular complexity index is 465. The molecule has 186 valence electrons. The van der Waals surface area contributed by atoms with E-state index in [1.54, 1.807) is 6.92 Å². The zero-order valence-electron chi connectivity index (χ0n) is 19.7. The van der Waals surface area contributed by atoms with Gasteiger partial charge in [-0.1, -0.05) is 84.5 Å². The van der Waals surface area contributed by atoms with Gasteiger partial charge in [-0.15, -0.1) is 0 Å². The first kappa shape index (κ1) is 30.5. The van der Waals surface area contributed by atoms with Gasteiger partial charge in [-0.25, -0.2) is 4.57 Å². The van der Waals surface area contributed by atoms with Crippen molar-refractivity contribution in [2.75, 3.05) is 33.0 Å². The van der Waals surface area contributed by atoms with Crippen LogP contribution in [0.4, 0.5) is 0 Å². The molecule has 9 heteroatoms. The zero-order chi connectivity index (χ0) is 23.2. The van der Waals surface area contributed by atoms with Gasteiger partial charge in [0.15, 0.2) is 0 Å². The van der Waals surface area contributed by atoms with Crippen LogP contribution in [-0.2, 0) is 27.9 Å². The lowest BCUT2D eigenvalue weighted by Gasteiger charge is -2.19. The summed E-state index contributed by atoms with van der Waals surface area (Å²) in [5, 5.41) is 0. The second kappa shape index (κ2) is 21.4. The minimum Gasteiger partial charge on any atom is -0.457 e. The third-order valence-corrected chi connectivity index (χ3v) is 5.81. The number of unbranched alkanes of at least 4 members (excludes halogenated alkanes) is 11. The normalized spacial score (nSPS) is 14.3. The third kappa shape index (κ3) is 21.1. The molecule has 0 amide bonds. The maximum absolute atomic E-state index is 11.7. The standard InChI is InChI=1S/C22H46NO7P/c1-3-5-6-7-8-9-10-11-12-13-14-15-17-27-19-21(30-22(24)4-2)20-29-31(25,26)28-18-16-23/h21H,3-20,23H2,1-2H3,(H,25,26). The van der Waals surface area contributed by atoms with Gasteiger partial charge in [0.2, 0.25) is 0 Å². The van der Waals surface area contributed by atoms with Crippen molar-refractivity contribution >= 4 is 13.8 Å². The molecule has 3 N–H and O–H groups in total. The number of hydrogen-bond acceptors (Lipinski definition) is 7. The molecule has 0 aliphatic rings. The molecule has 2 atom stereocenters. The molecule has 0 bridgehead atoms. The molecule has 0 saturated carbocycles. The summed E-state index contributed by atoms with van der Waals surface area (Å²) in [5.41, 5.74) is 5.24. The van der Waals surface area contributed by atoms with Crippen LogP contribution in [0, 0.1) is 0 Å². The van der Waals surface area contributed by atoms with E-state index in [1.165, 1.54) is 64.2 Å². The van der Waals surface area contributed by atoms with E-state index in [1.807, 2.05) is 0 Å². The van der Waals surface area contributed by atoms with Crippen LogP contribution in [0.15, 0.2) is 0 Å². The van der Waals surface area contributed by atoms with Gasteiger partial charge in [0.1, 0.15) is 6.10 Å². The predicted octanol–water partition coefficient (Wildman–Crippen LogP) is 5.12. The lowest BCUT2D eigenvalue weighted by molar-refractivity contribution is -0.154. The van der Waals surface area contributed by atoms with E-state index in [0.29, 0.717) is 6.61 Å². The quantitative estimate of drug-likeness (QED) is 0.121. The fourth-order valence-corrected chi connectivity index (χ4v) is 3.79. The van der Waals surface area contributed by atoms with E-state index < -0.39 is 19.9 Å². The lowest BCUT2D eigenvalue weighted by atomic mass is 10.1. The van der Waals surface area contributed by atoms with E-state index in [-0.39, 0.29) is 32.8 Å². The number of carbonyl (C=O) groups excluding carboxylic acids is 1. The molecule has 0 aromatic heterocycles. The Morgan fingerprint density at radius 1 is 0.839 bits per heavy atom. The van der Waals surface area contributed by atoms with Crippen LogP contribution < -0.4 is 5.73 Å². The number of rotatable bonds is 23. The molecule has 31 heavy (non-hydrogen) atoms. The fraction of sp³-hybridized carbons (Fsp3) is 0.955. The van der Waals surface area contributed by atoms with Crippen molar-refractivity contribution in [3.63, 3.8) is 0 Å². The molecular weight excluding hydrogens is 421 g/mol. The first-order chi connectivity index (χ1) is 14.9. The second-order valence-corrected chi connectivity index (χ2v) is 9.27. The Labute approximate surface area is 189 Å². The van der Waals surface area contributed by atoms with E-state index >= 15 is 0 Å².